The highest BCUT2D eigenvalue weighted by Gasteiger charge is 2.35. The quantitative estimate of drug-likeness (QED) is 0.654. The van der Waals surface area contributed by atoms with Crippen molar-refractivity contribution in [3.05, 3.63) is 16.7 Å². The summed E-state index contributed by atoms with van der Waals surface area (Å²) in [6.07, 6.45) is 1.29. The Morgan fingerprint density at radius 1 is 1.67 bits per heavy atom. The minimum Gasteiger partial charge on any atom is -0.394 e. The van der Waals surface area contributed by atoms with Crippen LogP contribution in [0.5, 0.6) is 0 Å². The van der Waals surface area contributed by atoms with Gasteiger partial charge in [-0.15, -0.1) is 0 Å². The molecule has 1 saturated heterocycles. The molecule has 3 heterocycles. The molecular formula is C12H15N5O4. The summed E-state index contributed by atoms with van der Waals surface area (Å²) in [4.78, 5) is 26.6. The number of hydrogen-bond acceptors (Lipinski definition) is 7. The topological polar surface area (TPSA) is 126 Å². The van der Waals surface area contributed by atoms with Crippen molar-refractivity contribution in [3.8, 4) is 0 Å². The van der Waals surface area contributed by atoms with Gasteiger partial charge in [0.1, 0.15) is 12.3 Å². The zero-order valence-corrected chi connectivity index (χ0v) is 11.3. The Balaban J connectivity index is 2.06. The van der Waals surface area contributed by atoms with E-state index in [0.717, 1.165) is 0 Å². The van der Waals surface area contributed by atoms with Gasteiger partial charge in [0.05, 0.1) is 19.0 Å². The zero-order chi connectivity index (χ0) is 15.0. The number of nitrogens with zero attached hydrogens (tertiary/aromatic N) is 4. The van der Waals surface area contributed by atoms with Gasteiger partial charge in [0.2, 0.25) is 5.95 Å². The summed E-state index contributed by atoms with van der Waals surface area (Å²) >= 11 is 0. The molecule has 1 aliphatic rings. The number of imidazole rings is 1. The summed E-state index contributed by atoms with van der Waals surface area (Å²) in [6.45, 7) is 1.44. The van der Waals surface area contributed by atoms with Crippen LogP contribution < -0.4 is 5.56 Å². The van der Waals surface area contributed by atoms with Crippen molar-refractivity contribution in [2.75, 3.05) is 6.61 Å². The fourth-order valence-corrected chi connectivity index (χ4v) is 2.36. The molecule has 3 rings (SSSR count). The Morgan fingerprint density at radius 2 is 2.48 bits per heavy atom. The maximum absolute atomic E-state index is 11.9. The van der Waals surface area contributed by atoms with Crippen LogP contribution >= 0.6 is 0 Å². The largest absolute Gasteiger partial charge is 0.394 e. The highest BCUT2D eigenvalue weighted by molar-refractivity contribution is 5.71. The van der Waals surface area contributed by atoms with Crippen LogP contribution in [-0.2, 0) is 4.74 Å². The van der Waals surface area contributed by atoms with Gasteiger partial charge >= 0.3 is 0 Å². The first-order valence-electron chi connectivity index (χ1n) is 6.54. The van der Waals surface area contributed by atoms with Crippen molar-refractivity contribution >= 4 is 23.3 Å². The number of rotatable bonds is 3. The molecule has 3 atom stereocenters. The van der Waals surface area contributed by atoms with Gasteiger partial charge in [-0.05, 0) is 6.92 Å². The first kappa shape index (κ1) is 13.9. The second-order valence-electron chi connectivity index (χ2n) is 4.72. The molecule has 0 aromatic carbocycles. The molecule has 0 aliphatic carbocycles. The Labute approximate surface area is 118 Å². The number of fused-ring (bicyclic) bond motifs is 1. The molecule has 1 fully saturated rings. The van der Waals surface area contributed by atoms with Gasteiger partial charge in [-0.3, -0.25) is 14.3 Å². The molecule has 0 bridgehead atoms. The minimum atomic E-state index is -0.771. The van der Waals surface area contributed by atoms with Gasteiger partial charge < -0.3 is 14.9 Å². The third kappa shape index (κ3) is 2.35. The number of hydrogen-bond donors (Lipinski definition) is 3. The Kier molecular flexibility index (Phi) is 3.53. The molecule has 9 nitrogen and oxygen atoms in total. The molecule has 0 spiro atoms. The van der Waals surface area contributed by atoms with E-state index in [1.165, 1.54) is 12.5 Å². The van der Waals surface area contributed by atoms with Gasteiger partial charge in [-0.25, -0.2) is 9.98 Å². The molecule has 21 heavy (non-hydrogen) atoms. The molecule has 2 aromatic rings. The number of aliphatic imine (C=N–C) groups is 1. The second-order valence-corrected chi connectivity index (χ2v) is 4.72. The fraction of sp³-hybridized carbons (Fsp3) is 0.500. The predicted molar refractivity (Wildman–Crippen MR) is 73.6 cm³/mol. The molecule has 112 valence electrons. The van der Waals surface area contributed by atoms with Gasteiger partial charge in [-0.1, -0.05) is 0 Å². The number of aliphatic hydroxyl groups is 2. The van der Waals surface area contributed by atoms with E-state index in [1.54, 1.807) is 11.5 Å². The Morgan fingerprint density at radius 3 is 3.14 bits per heavy atom. The standard InChI is InChI=1S/C12H15N5O4/c1-2-13-12-15-10-9(11(20)16-12)14-5-17(10)8-3-6(19)7(4-18)21-8/h2,5-8,18-19H,3-4H2,1H3,(H,15,16,20)/t6?,7-,8-/m1/s1. The van der Waals surface area contributed by atoms with Crippen molar-refractivity contribution in [2.24, 2.45) is 4.99 Å². The molecule has 1 aliphatic heterocycles. The molecule has 0 amide bonds. The van der Waals surface area contributed by atoms with Crippen molar-refractivity contribution in [1.82, 2.24) is 19.5 Å². The lowest BCUT2D eigenvalue weighted by molar-refractivity contribution is -0.0432. The van der Waals surface area contributed by atoms with Gasteiger partial charge in [0, 0.05) is 12.6 Å². The average molecular weight is 293 g/mol. The molecule has 9 heteroatoms. The second kappa shape index (κ2) is 5.35. The summed E-state index contributed by atoms with van der Waals surface area (Å²) in [5.41, 5.74) is 0.113. The van der Waals surface area contributed by atoms with Crippen LogP contribution in [0.1, 0.15) is 19.6 Å². The first-order chi connectivity index (χ1) is 10.1. The SMILES string of the molecule is CC=Nc1nc2c(ncn2[C@H]2CC(O)[C@@H](CO)O2)c(=O)[nH]1. The van der Waals surface area contributed by atoms with Gasteiger partial charge in [0.15, 0.2) is 11.2 Å². The zero-order valence-electron chi connectivity index (χ0n) is 11.3. The molecule has 0 saturated carbocycles. The lowest BCUT2D eigenvalue weighted by atomic mass is 10.2. The van der Waals surface area contributed by atoms with E-state index in [2.05, 4.69) is 19.9 Å². The summed E-state index contributed by atoms with van der Waals surface area (Å²) < 4.78 is 7.11. The Bertz CT molecular complexity index is 737. The number of aromatic nitrogens is 4. The minimum absolute atomic E-state index is 0.175. The lowest BCUT2D eigenvalue weighted by Gasteiger charge is -2.13. The third-order valence-electron chi connectivity index (χ3n) is 3.37. The van der Waals surface area contributed by atoms with Crippen molar-refractivity contribution in [3.63, 3.8) is 0 Å². The molecule has 1 unspecified atom stereocenters. The first-order valence-corrected chi connectivity index (χ1v) is 6.54. The van der Waals surface area contributed by atoms with Crippen molar-refractivity contribution in [1.29, 1.82) is 0 Å². The summed E-state index contributed by atoms with van der Waals surface area (Å²) in [5, 5.41) is 18.9. The highest BCUT2D eigenvalue weighted by atomic mass is 16.5. The van der Waals surface area contributed by atoms with Crippen LogP contribution in [0.3, 0.4) is 0 Å². The Hall–Kier alpha value is -2.10. The maximum Gasteiger partial charge on any atom is 0.280 e. The summed E-state index contributed by atoms with van der Waals surface area (Å²) in [7, 11) is 0. The molecule has 2 aromatic heterocycles. The molecule has 0 radical (unpaired) electrons. The number of nitrogens with one attached hydrogen (secondary N) is 1. The van der Waals surface area contributed by atoms with Crippen LogP contribution in [0.25, 0.3) is 11.2 Å². The summed E-state index contributed by atoms with van der Waals surface area (Å²) in [6, 6.07) is 0. The van der Waals surface area contributed by atoms with E-state index in [9.17, 15) is 9.90 Å². The lowest BCUT2D eigenvalue weighted by Crippen LogP contribution is -2.24. The van der Waals surface area contributed by atoms with E-state index >= 15 is 0 Å². The van der Waals surface area contributed by atoms with Crippen LogP contribution in [0.15, 0.2) is 16.1 Å². The number of aromatic amines is 1. The van der Waals surface area contributed by atoms with Gasteiger partial charge in [0.25, 0.3) is 5.56 Å². The van der Waals surface area contributed by atoms with Crippen molar-refractivity contribution < 1.29 is 14.9 Å². The van der Waals surface area contributed by atoms with Crippen LogP contribution in [0.4, 0.5) is 5.95 Å². The molecular weight excluding hydrogens is 278 g/mol. The smallest absolute Gasteiger partial charge is 0.280 e. The van der Waals surface area contributed by atoms with Crippen LogP contribution in [-0.4, -0.2) is 54.8 Å². The average Bonchev–Trinajstić information content (AvgIpc) is 3.02. The summed E-state index contributed by atoms with van der Waals surface area (Å²) in [5.74, 6) is 0.175. The number of aliphatic hydroxyl groups excluding tert-OH is 2. The van der Waals surface area contributed by atoms with Crippen molar-refractivity contribution in [2.45, 2.75) is 31.8 Å². The van der Waals surface area contributed by atoms with E-state index in [1.807, 2.05) is 0 Å². The number of H-pyrrole nitrogens is 1. The van der Waals surface area contributed by atoms with Crippen LogP contribution in [0, 0.1) is 0 Å². The third-order valence-corrected chi connectivity index (χ3v) is 3.37. The maximum atomic E-state index is 11.9. The monoisotopic (exact) mass is 293 g/mol. The van der Waals surface area contributed by atoms with Crippen LogP contribution in [0.2, 0.25) is 0 Å². The number of ether oxygens (including phenoxy) is 1. The van der Waals surface area contributed by atoms with E-state index in [-0.39, 0.29) is 24.5 Å². The van der Waals surface area contributed by atoms with E-state index in [0.29, 0.717) is 5.65 Å². The highest BCUT2D eigenvalue weighted by Crippen LogP contribution is 2.30. The molecule has 3 N–H and O–H groups in total. The van der Waals surface area contributed by atoms with Gasteiger partial charge in [-0.2, -0.15) is 4.98 Å². The van der Waals surface area contributed by atoms with E-state index in [4.69, 9.17) is 9.84 Å². The van der Waals surface area contributed by atoms with E-state index < -0.39 is 24.0 Å². The predicted octanol–water partition coefficient (Wildman–Crippen LogP) is -0.518. The normalized spacial score (nSPS) is 26.1. The fourth-order valence-electron chi connectivity index (χ4n) is 2.36.